The minimum Gasteiger partial charge on any atom is -0.465 e. The monoisotopic (exact) mass is 455 g/mol. The minimum absolute atomic E-state index is 0.174. The quantitative estimate of drug-likeness (QED) is 0.487. The van der Waals surface area contributed by atoms with E-state index in [9.17, 15) is 14.7 Å². The zero-order chi connectivity index (χ0) is 22.9. The Morgan fingerprint density at radius 3 is 2.78 bits per heavy atom. The van der Waals surface area contributed by atoms with Gasteiger partial charge in [-0.3, -0.25) is 4.79 Å². The normalized spacial score (nSPS) is 18.3. The number of aliphatic hydroxyl groups is 1. The summed E-state index contributed by atoms with van der Waals surface area (Å²) in [6.45, 7) is 2.66. The Balaban J connectivity index is 1.45. The van der Waals surface area contributed by atoms with Crippen LogP contribution in [0.15, 0.2) is 48.5 Å². The summed E-state index contributed by atoms with van der Waals surface area (Å²) in [6, 6.07) is 14.2. The first kappa shape index (κ1) is 24.2. The maximum atomic E-state index is 12.4. The molecule has 5 nitrogen and oxygen atoms in total. The van der Waals surface area contributed by atoms with E-state index in [2.05, 4.69) is 19.1 Å². The second-order valence-electron chi connectivity index (χ2n) is 8.48. The highest BCUT2D eigenvalue weighted by molar-refractivity contribution is 7.14. The third kappa shape index (κ3) is 6.78. The fourth-order valence-electron chi connectivity index (χ4n) is 4.16. The number of carbonyl (C=O) groups is 2. The molecule has 0 bridgehead atoms. The number of rotatable bonds is 11. The number of hydrogen-bond donors (Lipinski definition) is 1. The van der Waals surface area contributed by atoms with E-state index < -0.39 is 0 Å². The molecule has 2 aromatic rings. The van der Waals surface area contributed by atoms with Crippen molar-refractivity contribution in [3.63, 3.8) is 0 Å². The van der Waals surface area contributed by atoms with Crippen molar-refractivity contribution in [2.45, 2.75) is 57.6 Å². The summed E-state index contributed by atoms with van der Waals surface area (Å²) in [6.07, 6.45) is 8.45. The zero-order valence-corrected chi connectivity index (χ0v) is 19.7. The maximum absolute atomic E-state index is 12.4. The Kier molecular flexibility index (Phi) is 9.06. The molecule has 2 heterocycles. The van der Waals surface area contributed by atoms with Gasteiger partial charge < -0.3 is 14.7 Å². The lowest BCUT2D eigenvalue weighted by Crippen LogP contribution is -2.34. The molecule has 1 aliphatic rings. The predicted molar refractivity (Wildman–Crippen MR) is 129 cm³/mol. The van der Waals surface area contributed by atoms with Crippen molar-refractivity contribution in [2.24, 2.45) is 5.92 Å². The topological polar surface area (TPSA) is 66.8 Å². The number of amides is 1. The summed E-state index contributed by atoms with van der Waals surface area (Å²) in [5, 5.41) is 10.6. The van der Waals surface area contributed by atoms with E-state index >= 15 is 0 Å². The Hall–Kier alpha value is -2.44. The molecule has 0 spiro atoms. The SMILES string of the molecule is COC(=O)c1ccc(/C=C\CN2C(=O)CC[C@@H]2CC[C@@H](O)[C@@H](C)CCc2ccccc2)s1. The number of thiophene rings is 1. The van der Waals surface area contributed by atoms with Gasteiger partial charge in [0.2, 0.25) is 5.91 Å². The first-order valence-electron chi connectivity index (χ1n) is 11.3. The lowest BCUT2D eigenvalue weighted by Gasteiger charge is -2.26. The van der Waals surface area contributed by atoms with E-state index in [1.54, 1.807) is 6.07 Å². The molecule has 3 atom stereocenters. The van der Waals surface area contributed by atoms with Gasteiger partial charge in [0.1, 0.15) is 4.88 Å². The van der Waals surface area contributed by atoms with Gasteiger partial charge in [-0.15, -0.1) is 11.3 Å². The van der Waals surface area contributed by atoms with Crippen molar-refractivity contribution in [3.05, 3.63) is 63.9 Å². The second-order valence-corrected chi connectivity index (χ2v) is 9.60. The highest BCUT2D eigenvalue weighted by Crippen LogP contribution is 2.26. The zero-order valence-electron chi connectivity index (χ0n) is 18.9. The van der Waals surface area contributed by atoms with Crippen LogP contribution in [0.25, 0.3) is 6.08 Å². The molecule has 3 rings (SSSR count). The largest absolute Gasteiger partial charge is 0.465 e. The lowest BCUT2D eigenvalue weighted by atomic mass is 9.92. The highest BCUT2D eigenvalue weighted by Gasteiger charge is 2.30. The van der Waals surface area contributed by atoms with Crippen LogP contribution in [0, 0.1) is 5.92 Å². The van der Waals surface area contributed by atoms with Crippen molar-refractivity contribution in [3.8, 4) is 0 Å². The van der Waals surface area contributed by atoms with Crippen LogP contribution in [0.5, 0.6) is 0 Å². The molecule has 0 unspecified atom stereocenters. The van der Waals surface area contributed by atoms with Gasteiger partial charge in [-0.05, 0) is 61.8 Å². The van der Waals surface area contributed by atoms with E-state index in [1.807, 2.05) is 41.3 Å². The molecule has 172 valence electrons. The van der Waals surface area contributed by atoms with Crippen LogP contribution in [0.3, 0.4) is 0 Å². The molecule has 1 N–H and O–H groups in total. The van der Waals surface area contributed by atoms with E-state index in [0.717, 1.165) is 30.6 Å². The van der Waals surface area contributed by atoms with Crippen molar-refractivity contribution >= 4 is 29.3 Å². The molecular formula is C26H33NO4S. The average molecular weight is 456 g/mol. The molecule has 32 heavy (non-hydrogen) atoms. The third-order valence-electron chi connectivity index (χ3n) is 6.23. The Labute approximate surface area is 194 Å². The van der Waals surface area contributed by atoms with Gasteiger partial charge in [0.05, 0.1) is 13.2 Å². The number of carbonyl (C=O) groups excluding carboxylic acids is 2. The number of nitrogens with zero attached hydrogens (tertiary/aromatic N) is 1. The van der Waals surface area contributed by atoms with E-state index in [-0.39, 0.29) is 29.9 Å². The van der Waals surface area contributed by atoms with E-state index in [0.29, 0.717) is 24.3 Å². The first-order valence-corrected chi connectivity index (χ1v) is 12.2. The molecule has 0 aliphatic carbocycles. The van der Waals surface area contributed by atoms with Crippen LogP contribution < -0.4 is 0 Å². The summed E-state index contributed by atoms with van der Waals surface area (Å²) in [5.74, 6) is 0.0668. The van der Waals surface area contributed by atoms with Crippen LogP contribution in [0.1, 0.15) is 59.1 Å². The van der Waals surface area contributed by atoms with Gasteiger partial charge in [0.15, 0.2) is 0 Å². The number of ether oxygens (including phenoxy) is 1. The Bertz CT molecular complexity index is 908. The van der Waals surface area contributed by atoms with Gasteiger partial charge >= 0.3 is 5.97 Å². The molecule has 1 aliphatic heterocycles. The summed E-state index contributed by atoms with van der Waals surface area (Å²) < 4.78 is 4.74. The van der Waals surface area contributed by atoms with E-state index in [4.69, 9.17) is 4.74 Å². The molecule has 0 radical (unpaired) electrons. The number of methoxy groups -OCH3 is 1. The van der Waals surface area contributed by atoms with Gasteiger partial charge in [-0.25, -0.2) is 4.79 Å². The maximum Gasteiger partial charge on any atom is 0.348 e. The summed E-state index contributed by atoms with van der Waals surface area (Å²) in [7, 11) is 1.37. The smallest absolute Gasteiger partial charge is 0.348 e. The number of aryl methyl sites for hydroxylation is 1. The number of likely N-dealkylation sites (tertiary alicyclic amines) is 1. The third-order valence-corrected chi connectivity index (χ3v) is 7.26. The van der Waals surface area contributed by atoms with Crippen LogP contribution in [-0.2, 0) is 16.0 Å². The van der Waals surface area contributed by atoms with Crippen molar-refractivity contribution in [1.29, 1.82) is 0 Å². The predicted octanol–water partition coefficient (Wildman–Crippen LogP) is 4.95. The molecule has 6 heteroatoms. The van der Waals surface area contributed by atoms with Crippen molar-refractivity contribution < 1.29 is 19.4 Å². The number of hydrogen-bond acceptors (Lipinski definition) is 5. The summed E-state index contributed by atoms with van der Waals surface area (Å²) in [4.78, 5) is 27.4. The number of aliphatic hydroxyl groups excluding tert-OH is 1. The fourth-order valence-corrected chi connectivity index (χ4v) is 5.02. The van der Waals surface area contributed by atoms with Crippen LogP contribution in [0.4, 0.5) is 0 Å². The average Bonchev–Trinajstić information content (AvgIpc) is 3.43. The molecular weight excluding hydrogens is 422 g/mol. The fraction of sp³-hybridized carbons (Fsp3) is 0.462. The Morgan fingerprint density at radius 1 is 1.25 bits per heavy atom. The molecule has 1 amide bonds. The van der Waals surface area contributed by atoms with Crippen LogP contribution in [0.2, 0.25) is 0 Å². The van der Waals surface area contributed by atoms with Crippen molar-refractivity contribution in [1.82, 2.24) is 4.90 Å². The van der Waals surface area contributed by atoms with Crippen molar-refractivity contribution in [2.75, 3.05) is 13.7 Å². The second kappa shape index (κ2) is 12.0. The van der Waals surface area contributed by atoms with Gasteiger partial charge in [-0.2, -0.15) is 0 Å². The standard InChI is InChI=1S/C26H33NO4S/c1-19(10-11-20-7-4-3-5-8-20)23(28)15-12-21-13-17-25(29)27(21)18-6-9-22-14-16-24(32-22)26(30)31-2/h3-9,14,16,19,21,23,28H,10-13,15,17-18H2,1-2H3/b9-6-/t19-,21-,23+/m0/s1. The highest BCUT2D eigenvalue weighted by atomic mass is 32.1. The molecule has 1 saturated heterocycles. The molecule has 1 aromatic heterocycles. The molecule has 1 fully saturated rings. The van der Waals surface area contributed by atoms with Gasteiger partial charge in [-0.1, -0.05) is 43.3 Å². The van der Waals surface area contributed by atoms with Crippen LogP contribution >= 0.6 is 11.3 Å². The minimum atomic E-state index is -0.352. The number of esters is 1. The lowest BCUT2D eigenvalue weighted by molar-refractivity contribution is -0.128. The van der Waals surface area contributed by atoms with Gasteiger partial charge in [0, 0.05) is 23.9 Å². The Morgan fingerprint density at radius 2 is 2.03 bits per heavy atom. The van der Waals surface area contributed by atoms with Crippen LogP contribution in [-0.4, -0.2) is 47.7 Å². The summed E-state index contributed by atoms with van der Waals surface area (Å²) >= 11 is 1.37. The number of benzene rings is 1. The van der Waals surface area contributed by atoms with Gasteiger partial charge in [0.25, 0.3) is 0 Å². The molecule has 0 saturated carbocycles. The first-order chi connectivity index (χ1) is 15.5. The summed E-state index contributed by atoms with van der Waals surface area (Å²) in [5.41, 5.74) is 1.30. The molecule has 1 aromatic carbocycles. The van der Waals surface area contributed by atoms with E-state index in [1.165, 1.54) is 24.0 Å².